The summed E-state index contributed by atoms with van der Waals surface area (Å²) in [5, 5.41) is 18.7. The molecular formula is C18H20O4. The largest absolute Gasteiger partial charge is 0.489 e. The molecule has 22 heavy (non-hydrogen) atoms. The van der Waals surface area contributed by atoms with Crippen LogP contribution in [0.3, 0.4) is 0 Å². The molecule has 0 saturated carbocycles. The second-order valence-electron chi connectivity index (χ2n) is 5.45. The fourth-order valence-electron chi connectivity index (χ4n) is 2.18. The number of carboxylic acids is 1. The van der Waals surface area contributed by atoms with E-state index in [4.69, 9.17) is 9.84 Å². The van der Waals surface area contributed by atoms with Crippen LogP contribution in [0.25, 0.3) is 0 Å². The molecular weight excluding hydrogens is 280 g/mol. The third-order valence-electron chi connectivity index (χ3n) is 3.52. The first-order valence-electron chi connectivity index (χ1n) is 7.20. The first-order chi connectivity index (χ1) is 10.5. The molecule has 2 N–H and O–H groups in total. The molecule has 0 aliphatic carbocycles. The van der Waals surface area contributed by atoms with Gasteiger partial charge >= 0.3 is 5.97 Å². The van der Waals surface area contributed by atoms with Crippen LogP contribution in [0.5, 0.6) is 5.75 Å². The van der Waals surface area contributed by atoms with E-state index in [9.17, 15) is 9.90 Å². The van der Waals surface area contributed by atoms with Crippen LogP contribution in [0.2, 0.25) is 0 Å². The molecule has 0 heterocycles. The van der Waals surface area contributed by atoms with E-state index in [1.54, 1.807) is 24.3 Å². The highest BCUT2D eigenvalue weighted by Crippen LogP contribution is 2.22. The van der Waals surface area contributed by atoms with Gasteiger partial charge in [0.2, 0.25) is 0 Å². The van der Waals surface area contributed by atoms with Crippen molar-refractivity contribution in [3.8, 4) is 5.75 Å². The van der Waals surface area contributed by atoms with Gasteiger partial charge in [-0.1, -0.05) is 50.2 Å². The lowest BCUT2D eigenvalue weighted by Crippen LogP contribution is -2.13. The van der Waals surface area contributed by atoms with Crippen molar-refractivity contribution >= 4 is 5.97 Å². The number of aliphatic hydroxyl groups excluding tert-OH is 1. The van der Waals surface area contributed by atoms with Gasteiger partial charge in [0.15, 0.2) is 6.10 Å². The lowest BCUT2D eigenvalue weighted by Gasteiger charge is -2.13. The molecule has 4 nitrogen and oxygen atoms in total. The van der Waals surface area contributed by atoms with Gasteiger partial charge in [-0.05, 0) is 34.7 Å². The Hall–Kier alpha value is -2.33. The smallest absolute Gasteiger partial charge is 0.337 e. The summed E-state index contributed by atoms with van der Waals surface area (Å²) >= 11 is 0. The Kier molecular flexibility index (Phi) is 5.17. The lowest BCUT2D eigenvalue weighted by atomic mass is 10.0. The van der Waals surface area contributed by atoms with Gasteiger partial charge < -0.3 is 14.9 Å². The standard InChI is InChI=1S/C18H20O4/c1-12(2)13-7-9-15(10-8-13)22-11-14-5-3-4-6-16(14)17(19)18(20)21/h3-10,12,17,19H,11H2,1-2H3,(H,20,21). The second-order valence-corrected chi connectivity index (χ2v) is 5.45. The summed E-state index contributed by atoms with van der Waals surface area (Å²) in [7, 11) is 0. The monoisotopic (exact) mass is 300 g/mol. The molecule has 116 valence electrons. The number of aliphatic hydroxyl groups is 1. The van der Waals surface area contributed by atoms with Crippen LogP contribution >= 0.6 is 0 Å². The van der Waals surface area contributed by atoms with Crippen LogP contribution in [0.4, 0.5) is 0 Å². The van der Waals surface area contributed by atoms with Crippen LogP contribution in [0.1, 0.15) is 42.6 Å². The Bertz CT molecular complexity index is 632. The van der Waals surface area contributed by atoms with Crippen LogP contribution in [0.15, 0.2) is 48.5 Å². The average Bonchev–Trinajstić information content (AvgIpc) is 2.52. The number of hydrogen-bond donors (Lipinski definition) is 2. The van der Waals surface area contributed by atoms with Gasteiger partial charge in [-0.2, -0.15) is 0 Å². The van der Waals surface area contributed by atoms with E-state index in [0.29, 0.717) is 22.8 Å². The molecule has 4 heteroatoms. The normalized spacial score (nSPS) is 12.2. The summed E-state index contributed by atoms with van der Waals surface area (Å²) in [6.07, 6.45) is -1.54. The molecule has 0 spiro atoms. The topological polar surface area (TPSA) is 66.8 Å². The Morgan fingerprint density at radius 1 is 1.09 bits per heavy atom. The van der Waals surface area contributed by atoms with Crippen molar-refractivity contribution in [2.24, 2.45) is 0 Å². The number of aliphatic carboxylic acids is 1. The predicted molar refractivity (Wildman–Crippen MR) is 83.9 cm³/mol. The maximum Gasteiger partial charge on any atom is 0.337 e. The highest BCUT2D eigenvalue weighted by atomic mass is 16.5. The maximum atomic E-state index is 10.9. The van der Waals surface area contributed by atoms with Crippen molar-refractivity contribution < 1.29 is 19.7 Å². The molecule has 1 unspecified atom stereocenters. The molecule has 1 atom stereocenters. The van der Waals surface area contributed by atoms with E-state index in [-0.39, 0.29) is 6.61 Å². The van der Waals surface area contributed by atoms with Gasteiger partial charge in [0.1, 0.15) is 12.4 Å². The average molecular weight is 300 g/mol. The molecule has 2 aromatic carbocycles. The van der Waals surface area contributed by atoms with E-state index < -0.39 is 12.1 Å². The van der Waals surface area contributed by atoms with Gasteiger partial charge in [0.25, 0.3) is 0 Å². The van der Waals surface area contributed by atoms with Gasteiger partial charge in [-0.15, -0.1) is 0 Å². The number of ether oxygens (including phenoxy) is 1. The first-order valence-corrected chi connectivity index (χ1v) is 7.20. The molecule has 0 aliphatic heterocycles. The van der Waals surface area contributed by atoms with Crippen molar-refractivity contribution in [3.05, 3.63) is 65.2 Å². The van der Waals surface area contributed by atoms with E-state index in [1.807, 2.05) is 24.3 Å². The number of carboxylic acid groups (broad SMARTS) is 1. The van der Waals surface area contributed by atoms with Crippen molar-refractivity contribution in [3.63, 3.8) is 0 Å². The summed E-state index contributed by atoms with van der Waals surface area (Å²) < 4.78 is 5.69. The summed E-state index contributed by atoms with van der Waals surface area (Å²) in [5.41, 5.74) is 2.24. The second kappa shape index (κ2) is 7.09. The lowest BCUT2D eigenvalue weighted by molar-refractivity contribution is -0.147. The zero-order valence-corrected chi connectivity index (χ0v) is 12.7. The molecule has 2 rings (SSSR count). The van der Waals surface area contributed by atoms with E-state index in [0.717, 1.165) is 0 Å². The molecule has 0 radical (unpaired) electrons. The predicted octanol–water partition coefficient (Wildman–Crippen LogP) is 3.51. The summed E-state index contributed by atoms with van der Waals surface area (Å²) in [6.45, 7) is 4.46. The van der Waals surface area contributed by atoms with Gasteiger partial charge in [0.05, 0.1) is 0 Å². The first kappa shape index (κ1) is 16.0. The van der Waals surface area contributed by atoms with Gasteiger partial charge in [-0.3, -0.25) is 0 Å². The highest BCUT2D eigenvalue weighted by Gasteiger charge is 2.19. The van der Waals surface area contributed by atoms with Crippen LogP contribution in [0, 0.1) is 0 Å². The minimum atomic E-state index is -1.54. The number of benzene rings is 2. The number of hydrogen-bond acceptors (Lipinski definition) is 3. The minimum absolute atomic E-state index is 0.210. The zero-order valence-electron chi connectivity index (χ0n) is 12.7. The third kappa shape index (κ3) is 3.86. The van der Waals surface area contributed by atoms with Crippen molar-refractivity contribution in [1.29, 1.82) is 0 Å². The summed E-state index contributed by atoms with van der Waals surface area (Å²) in [4.78, 5) is 10.9. The maximum absolute atomic E-state index is 10.9. The fourth-order valence-corrected chi connectivity index (χ4v) is 2.18. The van der Waals surface area contributed by atoms with Crippen LogP contribution < -0.4 is 4.74 Å². The van der Waals surface area contributed by atoms with Crippen molar-refractivity contribution in [2.45, 2.75) is 32.5 Å². The highest BCUT2D eigenvalue weighted by molar-refractivity contribution is 5.74. The van der Waals surface area contributed by atoms with Gasteiger partial charge in [0, 0.05) is 0 Å². The Labute approximate surface area is 130 Å². The Morgan fingerprint density at radius 3 is 2.32 bits per heavy atom. The fraction of sp³-hybridized carbons (Fsp3) is 0.278. The number of rotatable bonds is 6. The van der Waals surface area contributed by atoms with E-state index in [2.05, 4.69) is 13.8 Å². The molecule has 0 saturated heterocycles. The summed E-state index contributed by atoms with van der Waals surface area (Å²) in [5.74, 6) is -0.0988. The SMILES string of the molecule is CC(C)c1ccc(OCc2ccccc2C(O)C(=O)O)cc1. The van der Waals surface area contributed by atoms with Gasteiger partial charge in [-0.25, -0.2) is 4.79 Å². The molecule has 0 aromatic heterocycles. The Balaban J connectivity index is 2.10. The summed E-state index contributed by atoms with van der Waals surface area (Å²) in [6, 6.07) is 14.7. The molecule has 0 amide bonds. The minimum Gasteiger partial charge on any atom is -0.489 e. The van der Waals surface area contributed by atoms with E-state index >= 15 is 0 Å². The zero-order chi connectivity index (χ0) is 16.1. The van der Waals surface area contributed by atoms with Crippen LogP contribution in [-0.2, 0) is 11.4 Å². The molecule has 0 bridgehead atoms. The molecule has 0 fully saturated rings. The third-order valence-corrected chi connectivity index (χ3v) is 3.52. The van der Waals surface area contributed by atoms with Crippen molar-refractivity contribution in [1.82, 2.24) is 0 Å². The molecule has 2 aromatic rings. The molecule has 0 aliphatic rings. The number of carbonyl (C=O) groups is 1. The van der Waals surface area contributed by atoms with Crippen LogP contribution in [-0.4, -0.2) is 16.2 Å². The Morgan fingerprint density at radius 2 is 1.73 bits per heavy atom. The van der Waals surface area contributed by atoms with E-state index in [1.165, 1.54) is 5.56 Å². The van der Waals surface area contributed by atoms with Crippen molar-refractivity contribution in [2.75, 3.05) is 0 Å². The quantitative estimate of drug-likeness (QED) is 0.856.